The van der Waals surface area contributed by atoms with E-state index >= 15 is 4.39 Å². The number of aryl methyl sites for hydroxylation is 2. The van der Waals surface area contributed by atoms with Crippen LogP contribution in [0.1, 0.15) is 68.6 Å². The number of carbonyl (C=O) groups excluding carboxylic acids is 1. The quantitative estimate of drug-likeness (QED) is 0.182. The fraction of sp³-hybridized carbons (Fsp3) is 0.375. The van der Waals surface area contributed by atoms with E-state index in [1.54, 1.807) is 36.9 Å². The molecule has 1 amide bonds. The summed E-state index contributed by atoms with van der Waals surface area (Å²) in [4.78, 5) is 37.1. The van der Waals surface area contributed by atoms with Gasteiger partial charge in [-0.1, -0.05) is 19.8 Å². The van der Waals surface area contributed by atoms with E-state index in [0.29, 0.717) is 66.1 Å². The van der Waals surface area contributed by atoms with Crippen LogP contribution >= 0.6 is 12.2 Å². The number of imidazole rings is 1. The van der Waals surface area contributed by atoms with E-state index in [-0.39, 0.29) is 17.5 Å². The molecule has 47 heavy (non-hydrogen) atoms. The van der Waals surface area contributed by atoms with Crippen LogP contribution in [0, 0.1) is 24.1 Å². The van der Waals surface area contributed by atoms with E-state index in [0.717, 1.165) is 23.5 Å². The molecule has 0 atom stereocenters. The van der Waals surface area contributed by atoms with E-state index in [2.05, 4.69) is 9.97 Å². The van der Waals surface area contributed by atoms with Crippen molar-refractivity contribution in [2.75, 3.05) is 16.4 Å². The molecule has 1 saturated heterocycles. The van der Waals surface area contributed by atoms with Crippen LogP contribution in [0.2, 0.25) is 0 Å². The number of amides is 1. The number of aromatic nitrogens is 4. The van der Waals surface area contributed by atoms with E-state index in [4.69, 9.17) is 22.1 Å². The second kappa shape index (κ2) is 11.8. The lowest BCUT2D eigenvalue weighted by Crippen LogP contribution is -2.47. The molecule has 244 valence electrons. The van der Waals surface area contributed by atoms with E-state index in [9.17, 15) is 28.0 Å². The van der Waals surface area contributed by atoms with Crippen LogP contribution in [0.4, 0.5) is 28.9 Å². The van der Waals surface area contributed by atoms with E-state index < -0.39 is 45.8 Å². The zero-order valence-electron chi connectivity index (χ0n) is 25.7. The number of nitrogens with zero attached hydrogens (tertiary/aromatic N) is 6. The maximum Gasteiger partial charge on any atom is 0.420 e. The standard InChI is InChI=1S/C32H29F4N7O3S/c1-4-8-23-38-17(3)26-28(44)39-27(40-43(23)26)20-15-19(10-12-22(20)46-5-2)42-30(47)41(29(45)31(42)13-6-7-14-31)21-11-9-18(16-37)24(25(21)33)32(34,35)36/h9-12,15H,4-8,13-14H2,1-3H3,(H,39,40,44). The van der Waals surface area contributed by atoms with Crippen molar-refractivity contribution in [3.05, 3.63) is 69.1 Å². The molecule has 3 heterocycles. The first-order chi connectivity index (χ1) is 22.4. The summed E-state index contributed by atoms with van der Waals surface area (Å²) in [5, 5.41) is 13.7. The lowest BCUT2D eigenvalue weighted by molar-refractivity contribution is -0.140. The highest BCUT2D eigenvalue weighted by atomic mass is 32.1. The predicted molar refractivity (Wildman–Crippen MR) is 169 cm³/mol. The van der Waals surface area contributed by atoms with Gasteiger partial charge in [-0.3, -0.25) is 14.5 Å². The van der Waals surface area contributed by atoms with Crippen molar-refractivity contribution in [3.63, 3.8) is 0 Å². The summed E-state index contributed by atoms with van der Waals surface area (Å²) in [6.07, 6.45) is -1.98. The summed E-state index contributed by atoms with van der Waals surface area (Å²) in [6, 6.07) is 8.09. The second-order valence-corrected chi connectivity index (χ2v) is 11.8. The summed E-state index contributed by atoms with van der Waals surface area (Å²) >= 11 is 5.75. The number of aromatic amines is 1. The third-order valence-electron chi connectivity index (χ3n) is 8.60. The summed E-state index contributed by atoms with van der Waals surface area (Å²) in [5.74, 6) is -1.30. The predicted octanol–water partition coefficient (Wildman–Crippen LogP) is 6.22. The number of ether oxygens (including phenoxy) is 1. The van der Waals surface area contributed by atoms with Gasteiger partial charge in [0.2, 0.25) is 0 Å². The van der Waals surface area contributed by atoms with Gasteiger partial charge in [-0.25, -0.2) is 13.9 Å². The normalized spacial score (nSPS) is 16.1. The minimum Gasteiger partial charge on any atom is -0.493 e. The Bertz CT molecular complexity index is 2040. The van der Waals surface area contributed by atoms with Gasteiger partial charge in [-0.15, -0.1) is 5.10 Å². The Hall–Kier alpha value is -4.84. The maximum absolute atomic E-state index is 15.7. The Kier molecular flexibility index (Phi) is 8.03. The highest BCUT2D eigenvalue weighted by molar-refractivity contribution is 7.81. The van der Waals surface area contributed by atoms with Crippen molar-refractivity contribution in [1.29, 1.82) is 5.26 Å². The zero-order valence-corrected chi connectivity index (χ0v) is 26.5. The molecule has 1 spiro atoms. The number of H-pyrrole nitrogens is 1. The van der Waals surface area contributed by atoms with Crippen molar-refractivity contribution in [1.82, 2.24) is 19.6 Å². The van der Waals surface area contributed by atoms with Crippen molar-refractivity contribution in [2.24, 2.45) is 0 Å². The molecule has 2 aliphatic rings. The van der Waals surface area contributed by atoms with Crippen LogP contribution in [-0.4, -0.2) is 42.7 Å². The molecule has 0 bridgehead atoms. The summed E-state index contributed by atoms with van der Waals surface area (Å²) < 4.78 is 64.8. The summed E-state index contributed by atoms with van der Waals surface area (Å²) in [7, 11) is 0. The van der Waals surface area contributed by atoms with Crippen LogP contribution in [-0.2, 0) is 17.4 Å². The minimum atomic E-state index is -5.19. The van der Waals surface area contributed by atoms with Gasteiger partial charge >= 0.3 is 6.18 Å². The van der Waals surface area contributed by atoms with Crippen molar-refractivity contribution >= 4 is 40.1 Å². The lowest BCUT2D eigenvalue weighted by atomic mass is 9.94. The molecule has 2 aromatic heterocycles. The highest BCUT2D eigenvalue weighted by Crippen LogP contribution is 2.48. The highest BCUT2D eigenvalue weighted by Gasteiger charge is 2.58. The zero-order chi connectivity index (χ0) is 33.8. The smallest absolute Gasteiger partial charge is 0.420 e. The SMILES string of the molecule is CCCc1nc(C)c2c(=O)[nH]c(-c3cc(N4C(=S)N(c5ccc(C#N)c(C(F)(F)F)c5F)C(=O)C45CCCC5)ccc3OCC)nn12. The molecule has 1 aliphatic heterocycles. The van der Waals surface area contributed by atoms with Gasteiger partial charge < -0.3 is 14.6 Å². The first kappa shape index (κ1) is 32.1. The number of anilines is 2. The summed E-state index contributed by atoms with van der Waals surface area (Å²) in [5.41, 5.74) is -3.52. The lowest BCUT2D eigenvalue weighted by Gasteiger charge is -2.33. The first-order valence-electron chi connectivity index (χ1n) is 15.1. The number of fused-ring (bicyclic) bond motifs is 1. The Balaban J connectivity index is 1.53. The molecule has 15 heteroatoms. The molecule has 2 aromatic carbocycles. The average Bonchev–Trinajstić information content (AvgIpc) is 3.69. The van der Waals surface area contributed by atoms with Crippen molar-refractivity contribution in [3.8, 4) is 23.2 Å². The van der Waals surface area contributed by atoms with Gasteiger partial charge in [0.1, 0.15) is 22.7 Å². The Morgan fingerprint density at radius 1 is 1.15 bits per heavy atom. The number of benzene rings is 2. The molecule has 10 nitrogen and oxygen atoms in total. The van der Waals surface area contributed by atoms with Gasteiger partial charge in [0.15, 0.2) is 22.3 Å². The fourth-order valence-corrected chi connectivity index (χ4v) is 7.08. The fourth-order valence-electron chi connectivity index (χ4n) is 6.62. The molecular formula is C32H29F4N7O3S. The maximum atomic E-state index is 15.7. The monoisotopic (exact) mass is 667 g/mol. The Morgan fingerprint density at radius 3 is 2.51 bits per heavy atom. The molecule has 0 unspecified atom stereocenters. The third kappa shape index (κ3) is 5.02. The molecular weight excluding hydrogens is 638 g/mol. The van der Waals surface area contributed by atoms with Gasteiger partial charge in [-0.2, -0.15) is 18.4 Å². The number of nitrogens with one attached hydrogen (secondary N) is 1. The first-order valence-corrected chi connectivity index (χ1v) is 15.5. The number of hydrogen-bond donors (Lipinski definition) is 1. The Morgan fingerprint density at radius 2 is 1.87 bits per heavy atom. The van der Waals surface area contributed by atoms with Gasteiger partial charge in [-0.05, 0) is 75.7 Å². The van der Waals surface area contributed by atoms with Crippen LogP contribution < -0.4 is 20.1 Å². The van der Waals surface area contributed by atoms with Crippen molar-refractivity contribution in [2.45, 2.75) is 71.0 Å². The number of hydrogen-bond acceptors (Lipinski definition) is 7. The molecule has 1 N–H and O–H groups in total. The number of carbonyl (C=O) groups is 1. The molecule has 0 radical (unpaired) electrons. The number of halogens is 4. The average molecular weight is 668 g/mol. The van der Waals surface area contributed by atoms with E-state index in [1.807, 2.05) is 6.92 Å². The Labute approximate surface area is 271 Å². The van der Waals surface area contributed by atoms with Crippen LogP contribution in [0.5, 0.6) is 5.75 Å². The molecule has 1 saturated carbocycles. The number of nitriles is 1. The minimum absolute atomic E-state index is 0.157. The molecule has 2 fully saturated rings. The van der Waals surface area contributed by atoms with Crippen LogP contribution in [0.25, 0.3) is 16.9 Å². The number of thiocarbonyl (C=S) groups is 1. The van der Waals surface area contributed by atoms with E-state index in [1.165, 1.54) is 10.6 Å². The van der Waals surface area contributed by atoms with Crippen molar-refractivity contribution < 1.29 is 27.1 Å². The largest absolute Gasteiger partial charge is 0.493 e. The summed E-state index contributed by atoms with van der Waals surface area (Å²) in [6.45, 7) is 5.78. The second-order valence-electron chi connectivity index (χ2n) is 11.5. The molecule has 1 aliphatic carbocycles. The topological polar surface area (TPSA) is 120 Å². The van der Waals surface area contributed by atoms with Crippen LogP contribution in [0.15, 0.2) is 35.1 Å². The van der Waals surface area contributed by atoms with Crippen LogP contribution in [0.3, 0.4) is 0 Å². The van der Waals surface area contributed by atoms with Gasteiger partial charge in [0.05, 0.1) is 35.2 Å². The third-order valence-corrected chi connectivity index (χ3v) is 8.97. The molecule has 6 rings (SSSR count). The molecule has 4 aromatic rings. The number of alkyl halides is 3. The van der Waals surface area contributed by atoms with Gasteiger partial charge in [0.25, 0.3) is 11.5 Å². The number of rotatable bonds is 7. The van der Waals surface area contributed by atoms with Gasteiger partial charge in [0, 0.05) is 12.1 Å².